The molecule has 0 bridgehead atoms. The Hall–Kier alpha value is -1.39. The number of nitrogens with zero attached hydrogens (tertiary/aromatic N) is 2. The van der Waals surface area contributed by atoms with Crippen LogP contribution in [0.25, 0.3) is 0 Å². The third kappa shape index (κ3) is 2.55. The molecular weight excluding hydrogens is 188 g/mol. The number of pyridine rings is 1. The number of hydrogen-bond donors (Lipinski definition) is 1. The smallest absolute Gasteiger partial charge is 0.255 e. The summed E-state index contributed by atoms with van der Waals surface area (Å²) in [6, 6.07) is 3.30. The molecule has 0 aromatic carbocycles. The lowest BCUT2D eigenvalue weighted by Gasteiger charge is -2.18. The van der Waals surface area contributed by atoms with Crippen LogP contribution >= 0.6 is 0 Å². The van der Waals surface area contributed by atoms with Crippen LogP contribution in [0, 0.1) is 6.92 Å². The van der Waals surface area contributed by atoms with Crippen molar-refractivity contribution in [2.24, 2.45) is 0 Å². The van der Waals surface area contributed by atoms with E-state index in [0.29, 0.717) is 17.2 Å². The van der Waals surface area contributed by atoms with Crippen LogP contribution in [0.15, 0.2) is 12.1 Å². The number of aryl methyl sites for hydroxylation is 1. The molecule has 2 N–H and O–H groups in total. The monoisotopic (exact) mass is 201 g/mol. The van der Waals surface area contributed by atoms with Crippen LogP contribution in [-0.2, 0) is 0 Å². The van der Waals surface area contributed by atoms with Crippen molar-refractivity contribution >= 4 is 11.5 Å². The second kappa shape index (κ2) is 4.21. The number of hydrogen-bond acceptors (Lipinski definition) is 3. The highest BCUT2D eigenvalue weighted by atomic mass is 19.3. The molecule has 0 spiro atoms. The molecule has 78 valence electrons. The van der Waals surface area contributed by atoms with Crippen molar-refractivity contribution < 1.29 is 8.78 Å². The van der Waals surface area contributed by atoms with Gasteiger partial charge in [0.1, 0.15) is 5.82 Å². The Morgan fingerprint density at radius 2 is 2.14 bits per heavy atom. The van der Waals surface area contributed by atoms with E-state index in [2.05, 4.69) is 4.98 Å². The molecule has 0 unspecified atom stereocenters. The molecule has 0 aliphatic rings. The highest BCUT2D eigenvalue weighted by molar-refractivity contribution is 5.50. The van der Waals surface area contributed by atoms with E-state index in [1.54, 1.807) is 26.1 Å². The SMILES string of the molecule is Cc1nc(N(C)CC(F)F)ccc1N. The zero-order chi connectivity index (χ0) is 10.7. The average molecular weight is 201 g/mol. The van der Waals surface area contributed by atoms with Gasteiger partial charge in [0.2, 0.25) is 0 Å². The van der Waals surface area contributed by atoms with Gasteiger partial charge in [0.05, 0.1) is 17.9 Å². The molecule has 14 heavy (non-hydrogen) atoms. The van der Waals surface area contributed by atoms with Gasteiger partial charge in [-0.2, -0.15) is 0 Å². The van der Waals surface area contributed by atoms with Crippen LogP contribution in [0.5, 0.6) is 0 Å². The Balaban J connectivity index is 2.80. The first-order valence-electron chi connectivity index (χ1n) is 4.23. The van der Waals surface area contributed by atoms with E-state index in [1.165, 1.54) is 4.90 Å². The normalized spacial score (nSPS) is 10.6. The number of aromatic nitrogens is 1. The Kier molecular flexibility index (Phi) is 3.22. The van der Waals surface area contributed by atoms with Crippen LogP contribution in [0.3, 0.4) is 0 Å². The van der Waals surface area contributed by atoms with Crippen LogP contribution in [0.1, 0.15) is 5.69 Å². The fraction of sp³-hybridized carbons (Fsp3) is 0.444. The van der Waals surface area contributed by atoms with Gasteiger partial charge in [0.15, 0.2) is 0 Å². The minimum atomic E-state index is -2.36. The maximum absolute atomic E-state index is 12.1. The quantitative estimate of drug-likeness (QED) is 0.808. The van der Waals surface area contributed by atoms with E-state index in [0.717, 1.165) is 0 Å². The number of halogens is 2. The third-order valence-corrected chi connectivity index (χ3v) is 1.91. The van der Waals surface area contributed by atoms with E-state index in [1.807, 2.05) is 0 Å². The van der Waals surface area contributed by atoms with E-state index >= 15 is 0 Å². The molecule has 0 saturated carbocycles. The molecule has 1 aromatic heterocycles. The molecule has 0 fully saturated rings. The molecule has 5 heteroatoms. The highest BCUT2D eigenvalue weighted by Gasteiger charge is 2.09. The first-order valence-corrected chi connectivity index (χ1v) is 4.23. The number of anilines is 2. The lowest BCUT2D eigenvalue weighted by Crippen LogP contribution is -2.25. The number of nitrogens with two attached hydrogens (primary N) is 1. The first kappa shape index (κ1) is 10.7. The molecule has 0 aliphatic carbocycles. The average Bonchev–Trinajstić information content (AvgIpc) is 2.08. The van der Waals surface area contributed by atoms with Crippen molar-refractivity contribution in [3.8, 4) is 0 Å². The van der Waals surface area contributed by atoms with Crippen molar-refractivity contribution in [3.05, 3.63) is 17.8 Å². The summed E-state index contributed by atoms with van der Waals surface area (Å²) >= 11 is 0. The zero-order valence-electron chi connectivity index (χ0n) is 8.17. The Morgan fingerprint density at radius 3 is 2.64 bits per heavy atom. The third-order valence-electron chi connectivity index (χ3n) is 1.91. The topological polar surface area (TPSA) is 42.2 Å². The Morgan fingerprint density at radius 1 is 1.50 bits per heavy atom. The van der Waals surface area contributed by atoms with Gasteiger partial charge >= 0.3 is 0 Å². The molecule has 1 heterocycles. The van der Waals surface area contributed by atoms with Gasteiger partial charge < -0.3 is 10.6 Å². The summed E-state index contributed by atoms with van der Waals surface area (Å²) in [7, 11) is 1.57. The minimum Gasteiger partial charge on any atom is -0.397 e. The fourth-order valence-corrected chi connectivity index (χ4v) is 1.07. The molecule has 0 saturated heterocycles. The maximum atomic E-state index is 12.1. The van der Waals surface area contributed by atoms with Gasteiger partial charge in [-0.1, -0.05) is 0 Å². The summed E-state index contributed by atoms with van der Waals surface area (Å²) in [6.07, 6.45) is -2.36. The van der Waals surface area contributed by atoms with Crippen LogP contribution in [0.2, 0.25) is 0 Å². The summed E-state index contributed by atoms with van der Waals surface area (Å²) in [5.74, 6) is 0.511. The van der Waals surface area contributed by atoms with E-state index in [-0.39, 0.29) is 6.54 Å². The molecule has 1 aromatic rings. The van der Waals surface area contributed by atoms with Gasteiger partial charge in [0.25, 0.3) is 6.43 Å². The van der Waals surface area contributed by atoms with Gasteiger partial charge in [-0.25, -0.2) is 13.8 Å². The predicted octanol–water partition coefficient (Wildman–Crippen LogP) is 1.67. The van der Waals surface area contributed by atoms with Gasteiger partial charge in [0, 0.05) is 7.05 Å². The number of alkyl halides is 2. The second-order valence-electron chi connectivity index (χ2n) is 3.12. The highest BCUT2D eigenvalue weighted by Crippen LogP contribution is 2.15. The van der Waals surface area contributed by atoms with E-state index in [4.69, 9.17) is 5.73 Å². The molecule has 3 nitrogen and oxygen atoms in total. The molecule has 0 amide bonds. The number of nitrogen functional groups attached to an aromatic ring is 1. The van der Waals surface area contributed by atoms with Crippen molar-refractivity contribution in [1.82, 2.24) is 4.98 Å². The Labute approximate surface area is 81.5 Å². The van der Waals surface area contributed by atoms with Gasteiger partial charge in [-0.15, -0.1) is 0 Å². The zero-order valence-corrected chi connectivity index (χ0v) is 8.17. The Bertz CT molecular complexity index is 315. The van der Waals surface area contributed by atoms with Crippen molar-refractivity contribution in [1.29, 1.82) is 0 Å². The summed E-state index contributed by atoms with van der Waals surface area (Å²) in [5.41, 5.74) is 6.79. The van der Waals surface area contributed by atoms with Crippen molar-refractivity contribution in [2.45, 2.75) is 13.3 Å². The largest absolute Gasteiger partial charge is 0.397 e. The summed E-state index contributed by atoms with van der Waals surface area (Å²) in [5, 5.41) is 0. The van der Waals surface area contributed by atoms with E-state index in [9.17, 15) is 8.78 Å². The second-order valence-corrected chi connectivity index (χ2v) is 3.12. The van der Waals surface area contributed by atoms with Crippen LogP contribution < -0.4 is 10.6 Å². The summed E-state index contributed by atoms with van der Waals surface area (Å²) < 4.78 is 24.1. The van der Waals surface area contributed by atoms with Crippen molar-refractivity contribution in [3.63, 3.8) is 0 Å². The van der Waals surface area contributed by atoms with Crippen LogP contribution in [-0.4, -0.2) is 25.0 Å². The number of rotatable bonds is 3. The first-order chi connectivity index (χ1) is 6.50. The standard InChI is InChI=1S/C9H13F2N3/c1-6-7(12)3-4-9(13-6)14(2)5-8(10)11/h3-4,8H,5,12H2,1-2H3. The molecule has 0 atom stereocenters. The lowest BCUT2D eigenvalue weighted by atomic mass is 10.3. The van der Waals surface area contributed by atoms with Crippen molar-refractivity contribution in [2.75, 3.05) is 24.2 Å². The molecule has 0 radical (unpaired) electrons. The molecule has 1 rings (SSSR count). The van der Waals surface area contributed by atoms with Gasteiger partial charge in [-0.3, -0.25) is 0 Å². The summed E-state index contributed by atoms with van der Waals surface area (Å²) in [4.78, 5) is 5.49. The van der Waals surface area contributed by atoms with Crippen LogP contribution in [0.4, 0.5) is 20.3 Å². The fourth-order valence-electron chi connectivity index (χ4n) is 1.07. The predicted molar refractivity (Wildman–Crippen MR) is 52.7 cm³/mol. The molecular formula is C9H13F2N3. The van der Waals surface area contributed by atoms with E-state index < -0.39 is 6.43 Å². The minimum absolute atomic E-state index is 0.323. The summed E-state index contributed by atoms with van der Waals surface area (Å²) in [6.45, 7) is 1.42. The maximum Gasteiger partial charge on any atom is 0.255 e. The molecule has 0 aliphatic heterocycles. The van der Waals surface area contributed by atoms with Gasteiger partial charge in [-0.05, 0) is 19.1 Å². The lowest BCUT2D eigenvalue weighted by molar-refractivity contribution is 0.156.